The number of nitrogens with zero attached hydrogens (tertiary/aromatic N) is 2. The predicted molar refractivity (Wildman–Crippen MR) is 75.1 cm³/mol. The van der Waals surface area contributed by atoms with Crippen LogP contribution in [-0.2, 0) is 16.0 Å². The summed E-state index contributed by atoms with van der Waals surface area (Å²) < 4.78 is 0. The van der Waals surface area contributed by atoms with E-state index in [0.717, 1.165) is 0 Å². The van der Waals surface area contributed by atoms with E-state index in [9.17, 15) is 9.59 Å². The second-order valence-electron chi connectivity index (χ2n) is 4.14. The topological polar surface area (TPSA) is 84.0 Å². The number of pyridine rings is 2. The van der Waals surface area contributed by atoms with Gasteiger partial charge in [-0.25, -0.2) is 4.98 Å². The summed E-state index contributed by atoms with van der Waals surface area (Å²) in [6.45, 7) is 1.40. The van der Waals surface area contributed by atoms with Gasteiger partial charge < -0.3 is 10.6 Å². The molecule has 0 unspecified atom stereocenters. The first-order chi connectivity index (χ1) is 9.63. The molecule has 0 aliphatic heterocycles. The Kier molecular flexibility index (Phi) is 4.39. The van der Waals surface area contributed by atoms with E-state index in [1.54, 1.807) is 36.5 Å². The summed E-state index contributed by atoms with van der Waals surface area (Å²) in [6, 6.07) is 10.4. The molecular weight excluding hydrogens is 256 g/mol. The predicted octanol–water partition coefficient (Wildman–Crippen LogP) is 1.62. The van der Waals surface area contributed by atoms with E-state index in [0.29, 0.717) is 17.3 Å². The third-order valence-corrected chi connectivity index (χ3v) is 2.39. The Labute approximate surface area is 116 Å². The van der Waals surface area contributed by atoms with Crippen LogP contribution in [0.1, 0.15) is 12.6 Å². The minimum Gasteiger partial charge on any atom is -0.311 e. The Hall–Kier alpha value is -2.76. The van der Waals surface area contributed by atoms with Crippen LogP contribution in [0, 0.1) is 0 Å². The monoisotopic (exact) mass is 270 g/mol. The highest BCUT2D eigenvalue weighted by Crippen LogP contribution is 2.09. The molecule has 0 fully saturated rings. The largest absolute Gasteiger partial charge is 0.311 e. The highest BCUT2D eigenvalue weighted by molar-refractivity contribution is 5.92. The van der Waals surface area contributed by atoms with Crippen molar-refractivity contribution in [3.05, 3.63) is 48.3 Å². The van der Waals surface area contributed by atoms with Crippen molar-refractivity contribution >= 4 is 23.5 Å². The Morgan fingerprint density at radius 2 is 1.80 bits per heavy atom. The maximum absolute atomic E-state index is 11.8. The molecule has 0 radical (unpaired) electrons. The molecule has 2 amide bonds. The zero-order chi connectivity index (χ0) is 14.4. The smallest absolute Gasteiger partial charge is 0.231 e. The van der Waals surface area contributed by atoms with Gasteiger partial charge in [-0.05, 0) is 24.3 Å². The van der Waals surface area contributed by atoms with Crippen LogP contribution in [0.3, 0.4) is 0 Å². The lowest BCUT2D eigenvalue weighted by Crippen LogP contribution is -2.16. The van der Waals surface area contributed by atoms with Gasteiger partial charge in [-0.3, -0.25) is 14.6 Å². The van der Waals surface area contributed by atoms with Crippen LogP contribution in [0.4, 0.5) is 11.6 Å². The maximum Gasteiger partial charge on any atom is 0.231 e. The quantitative estimate of drug-likeness (QED) is 0.884. The van der Waals surface area contributed by atoms with Gasteiger partial charge in [0.25, 0.3) is 0 Å². The number of nitrogens with one attached hydrogen (secondary N) is 2. The van der Waals surface area contributed by atoms with E-state index in [2.05, 4.69) is 20.6 Å². The van der Waals surface area contributed by atoms with Gasteiger partial charge >= 0.3 is 0 Å². The molecule has 2 rings (SSSR count). The van der Waals surface area contributed by atoms with Gasteiger partial charge in [-0.2, -0.15) is 0 Å². The fraction of sp³-hybridized carbons (Fsp3) is 0.143. The van der Waals surface area contributed by atoms with Crippen LogP contribution in [0.2, 0.25) is 0 Å². The molecule has 6 heteroatoms. The third-order valence-electron chi connectivity index (χ3n) is 2.39. The highest BCUT2D eigenvalue weighted by atomic mass is 16.2. The van der Waals surface area contributed by atoms with Gasteiger partial charge in [0.2, 0.25) is 11.8 Å². The summed E-state index contributed by atoms with van der Waals surface area (Å²) >= 11 is 0. The minimum absolute atomic E-state index is 0.173. The Bertz CT molecular complexity index is 614. The lowest BCUT2D eigenvalue weighted by Gasteiger charge is -2.06. The molecule has 0 spiro atoms. The van der Waals surface area contributed by atoms with Crippen molar-refractivity contribution in [3.63, 3.8) is 0 Å². The second-order valence-corrected chi connectivity index (χ2v) is 4.14. The maximum atomic E-state index is 11.8. The van der Waals surface area contributed by atoms with Gasteiger partial charge in [-0.1, -0.05) is 12.1 Å². The molecule has 20 heavy (non-hydrogen) atoms. The van der Waals surface area contributed by atoms with Crippen molar-refractivity contribution in [1.29, 1.82) is 0 Å². The van der Waals surface area contributed by atoms with E-state index in [1.807, 2.05) is 6.07 Å². The van der Waals surface area contributed by atoms with E-state index in [1.165, 1.54) is 6.92 Å². The van der Waals surface area contributed by atoms with Gasteiger partial charge in [0.15, 0.2) is 0 Å². The molecule has 0 saturated carbocycles. The Balaban J connectivity index is 1.99. The standard InChI is InChI=1S/C14H14N4O2/c1-10(19)16-12-6-4-7-13(17-12)18-14(20)9-11-5-2-3-8-15-11/h2-8H,9H2,1H3,(H2,16,17,18,19,20). The molecular formula is C14H14N4O2. The molecule has 0 atom stereocenters. The first kappa shape index (κ1) is 13.7. The molecule has 0 saturated heterocycles. The fourth-order valence-corrected chi connectivity index (χ4v) is 1.61. The van der Waals surface area contributed by atoms with Gasteiger partial charge in [-0.15, -0.1) is 0 Å². The lowest BCUT2D eigenvalue weighted by molar-refractivity contribution is -0.116. The third kappa shape index (κ3) is 4.16. The summed E-state index contributed by atoms with van der Waals surface area (Å²) in [5.74, 6) is 0.357. The molecule has 2 aromatic heterocycles. The Morgan fingerprint density at radius 1 is 1.05 bits per heavy atom. The Morgan fingerprint density at radius 3 is 2.45 bits per heavy atom. The minimum atomic E-state index is -0.213. The zero-order valence-electron chi connectivity index (χ0n) is 11.0. The number of hydrogen-bond donors (Lipinski definition) is 2. The fourth-order valence-electron chi connectivity index (χ4n) is 1.61. The number of hydrogen-bond acceptors (Lipinski definition) is 4. The van der Waals surface area contributed by atoms with E-state index >= 15 is 0 Å². The first-order valence-electron chi connectivity index (χ1n) is 6.08. The van der Waals surface area contributed by atoms with Crippen LogP contribution >= 0.6 is 0 Å². The molecule has 0 aliphatic carbocycles. The van der Waals surface area contributed by atoms with Crippen molar-refractivity contribution in [1.82, 2.24) is 9.97 Å². The number of carbonyl (C=O) groups excluding carboxylic acids is 2. The van der Waals surface area contributed by atoms with E-state index < -0.39 is 0 Å². The van der Waals surface area contributed by atoms with Crippen molar-refractivity contribution in [2.45, 2.75) is 13.3 Å². The molecule has 6 nitrogen and oxygen atoms in total. The lowest BCUT2D eigenvalue weighted by atomic mass is 10.2. The number of carbonyl (C=O) groups is 2. The van der Waals surface area contributed by atoms with E-state index in [-0.39, 0.29) is 18.2 Å². The normalized spacial score (nSPS) is 9.85. The summed E-state index contributed by atoms with van der Waals surface area (Å²) in [5.41, 5.74) is 0.683. The number of aromatic nitrogens is 2. The summed E-state index contributed by atoms with van der Waals surface area (Å²) in [5, 5.41) is 5.22. The summed E-state index contributed by atoms with van der Waals surface area (Å²) in [6.07, 6.45) is 1.81. The molecule has 0 aromatic carbocycles. The molecule has 2 aromatic rings. The first-order valence-corrected chi connectivity index (χ1v) is 6.08. The van der Waals surface area contributed by atoms with Crippen LogP contribution in [-0.4, -0.2) is 21.8 Å². The SMILES string of the molecule is CC(=O)Nc1cccc(NC(=O)Cc2ccccn2)n1. The average molecular weight is 270 g/mol. The average Bonchev–Trinajstić information content (AvgIpc) is 2.39. The van der Waals surface area contributed by atoms with Crippen molar-refractivity contribution in [2.75, 3.05) is 10.6 Å². The van der Waals surface area contributed by atoms with Crippen LogP contribution in [0.5, 0.6) is 0 Å². The van der Waals surface area contributed by atoms with Crippen LogP contribution < -0.4 is 10.6 Å². The van der Waals surface area contributed by atoms with E-state index in [4.69, 9.17) is 0 Å². The summed E-state index contributed by atoms with van der Waals surface area (Å²) in [7, 11) is 0. The zero-order valence-corrected chi connectivity index (χ0v) is 11.0. The molecule has 0 aliphatic rings. The van der Waals surface area contributed by atoms with Crippen molar-refractivity contribution < 1.29 is 9.59 Å². The molecule has 2 N–H and O–H groups in total. The van der Waals surface area contributed by atoms with Crippen LogP contribution in [0.25, 0.3) is 0 Å². The number of anilines is 2. The molecule has 102 valence electrons. The van der Waals surface area contributed by atoms with Crippen LogP contribution in [0.15, 0.2) is 42.6 Å². The van der Waals surface area contributed by atoms with Gasteiger partial charge in [0, 0.05) is 18.8 Å². The molecule has 0 bridgehead atoms. The van der Waals surface area contributed by atoms with Crippen molar-refractivity contribution in [3.8, 4) is 0 Å². The summed E-state index contributed by atoms with van der Waals surface area (Å²) in [4.78, 5) is 31.0. The van der Waals surface area contributed by atoms with Gasteiger partial charge in [0.1, 0.15) is 11.6 Å². The van der Waals surface area contributed by atoms with Crippen molar-refractivity contribution in [2.24, 2.45) is 0 Å². The number of amides is 2. The number of rotatable bonds is 4. The van der Waals surface area contributed by atoms with Gasteiger partial charge in [0.05, 0.1) is 6.42 Å². The molecule has 2 heterocycles. The highest BCUT2D eigenvalue weighted by Gasteiger charge is 2.06. The second kappa shape index (κ2) is 6.42.